The van der Waals surface area contributed by atoms with Crippen molar-refractivity contribution in [3.63, 3.8) is 0 Å². The van der Waals surface area contributed by atoms with Gasteiger partial charge in [-0.25, -0.2) is 18.4 Å². The fourth-order valence-electron chi connectivity index (χ4n) is 9.12. The Balaban J connectivity index is 1.15. The topological polar surface area (TPSA) is 86.0 Å². The quantitative estimate of drug-likeness (QED) is 0.175. The molecule has 0 N–H and O–H groups in total. The Morgan fingerprint density at radius 2 is 0.922 bits per heavy atom. The molecule has 11 aromatic rings. The van der Waals surface area contributed by atoms with Gasteiger partial charge in [-0.2, -0.15) is 0 Å². The van der Waals surface area contributed by atoms with Gasteiger partial charge in [-0.3, -0.25) is 4.98 Å². The molecule has 1 aliphatic heterocycles. The zero-order valence-electron chi connectivity index (χ0n) is 34.2. The molecule has 0 aliphatic carbocycles. The van der Waals surface area contributed by atoms with Crippen LogP contribution >= 0.6 is 0 Å². The third-order valence-electron chi connectivity index (χ3n) is 12.2. The molecule has 0 saturated heterocycles. The standard InChI is InChI=1S/C57H35N3O3S/c61-64(62)55-23-11-9-21-47(55)44-19-7-6-17-42(44)41-16-4-5-18-43(41)45-29-28-39(31-48(45)50-32-54-49(33-56(50)64)46-20-8-10-22-53(46)63-54)57-59-51(37-13-2-1-3-14-37)34-52(60-57)38-26-24-36(25-27-38)40-15-12-30-58-35-40/h1-35H. The predicted octanol–water partition coefficient (Wildman–Crippen LogP) is 14.3. The number of hydrogen-bond acceptors (Lipinski definition) is 6. The van der Waals surface area contributed by atoms with Crippen molar-refractivity contribution in [2.45, 2.75) is 9.79 Å². The van der Waals surface area contributed by atoms with E-state index in [1.807, 2.05) is 140 Å². The summed E-state index contributed by atoms with van der Waals surface area (Å²) >= 11 is 0. The maximum atomic E-state index is 15.7. The van der Waals surface area contributed by atoms with Crippen molar-refractivity contribution in [3.05, 3.63) is 213 Å². The molecule has 0 atom stereocenters. The predicted molar refractivity (Wildman–Crippen MR) is 256 cm³/mol. The molecule has 3 aromatic heterocycles. The molecular weight excluding hydrogens is 807 g/mol. The monoisotopic (exact) mass is 841 g/mol. The van der Waals surface area contributed by atoms with E-state index >= 15 is 8.42 Å². The minimum atomic E-state index is -4.19. The first kappa shape index (κ1) is 37.5. The molecule has 1 aliphatic rings. The molecule has 6 nitrogen and oxygen atoms in total. The summed E-state index contributed by atoms with van der Waals surface area (Å²) in [5.74, 6) is 0.503. The highest BCUT2D eigenvalue weighted by Gasteiger charge is 2.31. The summed E-state index contributed by atoms with van der Waals surface area (Å²) in [6, 6.07) is 65.7. The van der Waals surface area contributed by atoms with Gasteiger partial charge in [-0.05, 0) is 87.0 Å². The van der Waals surface area contributed by atoms with Crippen LogP contribution in [0.2, 0.25) is 0 Å². The number of hydrogen-bond donors (Lipinski definition) is 0. The van der Waals surface area contributed by atoms with E-state index in [0.717, 1.165) is 77.8 Å². The number of aromatic nitrogens is 3. The van der Waals surface area contributed by atoms with Crippen molar-refractivity contribution in [2.75, 3.05) is 0 Å². The third kappa shape index (κ3) is 6.24. The number of para-hydroxylation sites is 1. The number of pyridine rings is 1. The lowest BCUT2D eigenvalue weighted by atomic mass is 9.86. The summed E-state index contributed by atoms with van der Waals surface area (Å²) in [5.41, 5.74) is 13.9. The van der Waals surface area contributed by atoms with E-state index in [-0.39, 0.29) is 9.79 Å². The smallest absolute Gasteiger partial charge is 0.207 e. The highest BCUT2D eigenvalue weighted by Crippen LogP contribution is 2.49. The van der Waals surface area contributed by atoms with E-state index in [4.69, 9.17) is 14.4 Å². The summed E-state index contributed by atoms with van der Waals surface area (Å²) in [4.78, 5) is 15.2. The maximum Gasteiger partial charge on any atom is 0.207 e. The largest absolute Gasteiger partial charge is 0.456 e. The van der Waals surface area contributed by atoms with Gasteiger partial charge in [0.25, 0.3) is 0 Å². The zero-order chi connectivity index (χ0) is 42.8. The molecule has 7 heteroatoms. The van der Waals surface area contributed by atoms with Gasteiger partial charge in [0.2, 0.25) is 9.84 Å². The molecule has 12 rings (SSSR count). The molecule has 0 amide bonds. The first-order valence-corrected chi connectivity index (χ1v) is 22.5. The number of rotatable bonds is 4. The molecule has 0 spiro atoms. The first-order valence-electron chi connectivity index (χ1n) is 21.1. The van der Waals surface area contributed by atoms with Crippen LogP contribution in [0.4, 0.5) is 0 Å². The molecule has 302 valence electrons. The van der Waals surface area contributed by atoms with Crippen molar-refractivity contribution in [3.8, 4) is 89.5 Å². The van der Waals surface area contributed by atoms with E-state index in [1.165, 1.54) is 0 Å². The summed E-state index contributed by atoms with van der Waals surface area (Å²) < 4.78 is 37.8. The van der Waals surface area contributed by atoms with Crippen molar-refractivity contribution in [2.24, 2.45) is 0 Å². The van der Waals surface area contributed by atoms with Crippen LogP contribution in [0, 0.1) is 0 Å². The van der Waals surface area contributed by atoms with Gasteiger partial charge >= 0.3 is 0 Å². The SMILES string of the molecule is O=S1(=O)c2ccccc2-c2ccccc2-c2ccccc2-c2ccc(-c3nc(-c4ccccc4)cc(-c4ccc(-c5cccnc5)cc4)n3)cc2-c2cc3oc4ccccc4c3cc21. The summed E-state index contributed by atoms with van der Waals surface area (Å²) in [6.45, 7) is 0. The van der Waals surface area contributed by atoms with Crippen molar-refractivity contribution in [1.29, 1.82) is 0 Å². The van der Waals surface area contributed by atoms with E-state index in [9.17, 15) is 0 Å². The second-order valence-corrected chi connectivity index (χ2v) is 17.8. The number of furan rings is 1. The van der Waals surface area contributed by atoms with Gasteiger partial charge in [-0.15, -0.1) is 0 Å². The number of fused-ring (bicyclic) bond motifs is 12. The molecule has 4 heterocycles. The second-order valence-electron chi connectivity index (χ2n) is 15.9. The van der Waals surface area contributed by atoms with Gasteiger partial charge in [0, 0.05) is 51.0 Å². The Bertz CT molecular complexity index is 3730. The third-order valence-corrected chi connectivity index (χ3v) is 14.1. The molecule has 8 aromatic carbocycles. The van der Waals surface area contributed by atoms with Crippen LogP contribution in [-0.4, -0.2) is 23.4 Å². The van der Waals surface area contributed by atoms with E-state index in [0.29, 0.717) is 33.7 Å². The Morgan fingerprint density at radius 1 is 0.359 bits per heavy atom. The van der Waals surface area contributed by atoms with Crippen molar-refractivity contribution >= 4 is 31.8 Å². The van der Waals surface area contributed by atoms with E-state index < -0.39 is 9.84 Å². The lowest BCUT2D eigenvalue weighted by molar-refractivity contribution is 0.596. The number of benzene rings is 8. The van der Waals surface area contributed by atoms with Crippen LogP contribution in [0.15, 0.2) is 227 Å². The molecule has 0 unspecified atom stereocenters. The minimum Gasteiger partial charge on any atom is -0.456 e. The highest BCUT2D eigenvalue weighted by molar-refractivity contribution is 7.91. The van der Waals surface area contributed by atoms with Gasteiger partial charge in [-0.1, -0.05) is 158 Å². The summed E-state index contributed by atoms with van der Waals surface area (Å²) in [6.07, 6.45) is 3.63. The Labute approximate surface area is 369 Å². The molecule has 0 radical (unpaired) electrons. The Kier molecular flexibility index (Phi) is 8.77. The summed E-state index contributed by atoms with van der Waals surface area (Å²) in [5, 5.41) is 1.57. The maximum absolute atomic E-state index is 15.7. The van der Waals surface area contributed by atoms with E-state index in [1.54, 1.807) is 24.4 Å². The average Bonchev–Trinajstić information content (AvgIpc) is 3.73. The highest BCUT2D eigenvalue weighted by atomic mass is 32.2. The first-order chi connectivity index (χ1) is 31.5. The lowest BCUT2D eigenvalue weighted by Gasteiger charge is -2.18. The van der Waals surface area contributed by atoms with Crippen LogP contribution < -0.4 is 0 Å². The Hall–Kier alpha value is -8.26. The zero-order valence-corrected chi connectivity index (χ0v) is 35.0. The lowest BCUT2D eigenvalue weighted by Crippen LogP contribution is -2.06. The average molecular weight is 842 g/mol. The van der Waals surface area contributed by atoms with Gasteiger partial charge < -0.3 is 4.42 Å². The van der Waals surface area contributed by atoms with Gasteiger partial charge in [0.15, 0.2) is 5.82 Å². The molecule has 0 saturated carbocycles. The Morgan fingerprint density at radius 3 is 1.62 bits per heavy atom. The molecule has 0 bridgehead atoms. The minimum absolute atomic E-state index is 0.183. The van der Waals surface area contributed by atoms with Crippen LogP contribution in [-0.2, 0) is 9.84 Å². The molecule has 0 fully saturated rings. The van der Waals surface area contributed by atoms with Crippen LogP contribution in [0.1, 0.15) is 0 Å². The second kappa shape index (κ2) is 15.0. The fraction of sp³-hybridized carbons (Fsp3) is 0. The van der Waals surface area contributed by atoms with E-state index in [2.05, 4.69) is 53.5 Å². The molecule has 64 heavy (non-hydrogen) atoms. The van der Waals surface area contributed by atoms with Crippen molar-refractivity contribution < 1.29 is 12.8 Å². The van der Waals surface area contributed by atoms with Crippen LogP contribution in [0.5, 0.6) is 0 Å². The van der Waals surface area contributed by atoms with Gasteiger partial charge in [0.1, 0.15) is 11.2 Å². The number of nitrogens with zero attached hydrogens (tertiary/aromatic N) is 3. The number of sulfone groups is 1. The molecular formula is C57H35N3O3S. The summed E-state index contributed by atoms with van der Waals surface area (Å²) in [7, 11) is -4.19. The van der Waals surface area contributed by atoms with Gasteiger partial charge in [0.05, 0.1) is 21.2 Å². The van der Waals surface area contributed by atoms with Crippen molar-refractivity contribution in [1.82, 2.24) is 15.0 Å². The van der Waals surface area contributed by atoms with Crippen LogP contribution in [0.25, 0.3) is 111 Å². The normalized spacial score (nSPS) is 12.6. The van der Waals surface area contributed by atoms with Crippen LogP contribution in [0.3, 0.4) is 0 Å². The fourth-order valence-corrected chi connectivity index (χ4v) is 10.8.